The molecule has 5 heteroatoms. The smallest absolute Gasteiger partial charge is 0.226 e. The second kappa shape index (κ2) is 6.88. The Morgan fingerprint density at radius 3 is 2.65 bits per heavy atom. The van der Waals surface area contributed by atoms with Gasteiger partial charge in [-0.1, -0.05) is 25.7 Å². The molecule has 1 aliphatic carbocycles. The van der Waals surface area contributed by atoms with Gasteiger partial charge in [0, 0.05) is 18.8 Å². The van der Waals surface area contributed by atoms with Gasteiger partial charge in [-0.05, 0) is 26.7 Å². The van der Waals surface area contributed by atoms with Crippen molar-refractivity contribution in [1.29, 1.82) is 0 Å². The van der Waals surface area contributed by atoms with Crippen LogP contribution in [0.25, 0.3) is 0 Å². The Labute approximate surface area is 120 Å². The molecular weight excluding hydrogens is 254 g/mol. The van der Waals surface area contributed by atoms with Crippen molar-refractivity contribution in [1.82, 2.24) is 9.97 Å². The topological polar surface area (TPSA) is 67.3 Å². The summed E-state index contributed by atoms with van der Waals surface area (Å²) >= 11 is 0. The summed E-state index contributed by atoms with van der Waals surface area (Å²) in [6.07, 6.45) is 8.08. The molecule has 20 heavy (non-hydrogen) atoms. The SMILES string of the molecule is CC(C)Oc1ccnc(NCC2(O)CCCCCC2)n1. The van der Waals surface area contributed by atoms with E-state index in [1.807, 2.05) is 13.8 Å². The van der Waals surface area contributed by atoms with Crippen molar-refractivity contribution in [2.45, 2.75) is 64.1 Å². The van der Waals surface area contributed by atoms with Crippen molar-refractivity contribution in [3.8, 4) is 5.88 Å². The molecule has 0 amide bonds. The van der Waals surface area contributed by atoms with Gasteiger partial charge in [0.2, 0.25) is 11.8 Å². The van der Waals surface area contributed by atoms with Crippen LogP contribution < -0.4 is 10.1 Å². The second-order valence-corrected chi connectivity index (χ2v) is 5.88. The van der Waals surface area contributed by atoms with E-state index in [0.29, 0.717) is 18.4 Å². The molecule has 0 bridgehead atoms. The molecule has 1 fully saturated rings. The average molecular weight is 279 g/mol. The van der Waals surface area contributed by atoms with E-state index in [2.05, 4.69) is 15.3 Å². The zero-order valence-corrected chi connectivity index (χ0v) is 12.4. The molecule has 1 aliphatic rings. The van der Waals surface area contributed by atoms with Gasteiger partial charge in [0.25, 0.3) is 0 Å². The number of ether oxygens (including phenoxy) is 1. The number of anilines is 1. The highest BCUT2D eigenvalue weighted by Gasteiger charge is 2.27. The van der Waals surface area contributed by atoms with E-state index in [9.17, 15) is 5.11 Å². The minimum Gasteiger partial charge on any atom is -0.475 e. The summed E-state index contributed by atoms with van der Waals surface area (Å²) in [5.41, 5.74) is -0.630. The molecule has 0 atom stereocenters. The van der Waals surface area contributed by atoms with Gasteiger partial charge in [-0.3, -0.25) is 0 Å². The lowest BCUT2D eigenvalue weighted by Gasteiger charge is -2.26. The van der Waals surface area contributed by atoms with Crippen LogP contribution in [0.1, 0.15) is 52.4 Å². The van der Waals surface area contributed by atoms with Crippen molar-refractivity contribution in [2.75, 3.05) is 11.9 Å². The van der Waals surface area contributed by atoms with E-state index in [4.69, 9.17) is 4.74 Å². The van der Waals surface area contributed by atoms with Crippen LogP contribution in [0.4, 0.5) is 5.95 Å². The Balaban J connectivity index is 1.92. The quantitative estimate of drug-likeness (QED) is 0.811. The molecule has 1 saturated carbocycles. The maximum Gasteiger partial charge on any atom is 0.226 e. The van der Waals surface area contributed by atoms with Gasteiger partial charge >= 0.3 is 0 Å². The number of aliphatic hydroxyl groups is 1. The van der Waals surface area contributed by atoms with Crippen molar-refractivity contribution < 1.29 is 9.84 Å². The first kappa shape index (κ1) is 15.0. The number of hydrogen-bond acceptors (Lipinski definition) is 5. The van der Waals surface area contributed by atoms with Gasteiger partial charge < -0.3 is 15.2 Å². The van der Waals surface area contributed by atoms with Crippen molar-refractivity contribution in [3.05, 3.63) is 12.3 Å². The normalized spacial score (nSPS) is 18.6. The number of aromatic nitrogens is 2. The Kier molecular flexibility index (Phi) is 5.17. The molecule has 5 nitrogen and oxygen atoms in total. The fraction of sp³-hybridized carbons (Fsp3) is 0.733. The van der Waals surface area contributed by atoms with Gasteiger partial charge in [0.1, 0.15) is 0 Å². The molecule has 0 aromatic carbocycles. The summed E-state index contributed by atoms with van der Waals surface area (Å²) in [6.45, 7) is 4.42. The Hall–Kier alpha value is -1.36. The van der Waals surface area contributed by atoms with Crippen molar-refractivity contribution in [3.63, 3.8) is 0 Å². The van der Waals surface area contributed by atoms with Gasteiger partial charge in [-0.25, -0.2) is 4.98 Å². The zero-order valence-electron chi connectivity index (χ0n) is 12.4. The van der Waals surface area contributed by atoms with Crippen LogP contribution >= 0.6 is 0 Å². The highest BCUT2D eigenvalue weighted by Crippen LogP contribution is 2.27. The van der Waals surface area contributed by atoms with Crippen LogP contribution in [-0.4, -0.2) is 33.3 Å². The molecule has 0 spiro atoms. The third-order valence-corrected chi connectivity index (χ3v) is 3.60. The largest absolute Gasteiger partial charge is 0.475 e. The zero-order chi connectivity index (χ0) is 14.4. The average Bonchev–Trinajstić information content (AvgIpc) is 2.62. The first-order valence-electron chi connectivity index (χ1n) is 7.53. The fourth-order valence-corrected chi connectivity index (χ4v) is 2.54. The van der Waals surface area contributed by atoms with Gasteiger partial charge in [0.15, 0.2) is 0 Å². The summed E-state index contributed by atoms with van der Waals surface area (Å²) in [6, 6.07) is 1.74. The molecule has 1 aromatic heterocycles. The van der Waals surface area contributed by atoms with E-state index >= 15 is 0 Å². The third-order valence-electron chi connectivity index (χ3n) is 3.60. The molecule has 1 aromatic rings. The number of rotatable bonds is 5. The molecule has 0 unspecified atom stereocenters. The monoisotopic (exact) mass is 279 g/mol. The molecule has 1 heterocycles. The standard InChI is InChI=1S/C15H25N3O2/c1-12(2)20-13-7-10-16-14(18-13)17-11-15(19)8-5-3-4-6-9-15/h7,10,12,19H,3-6,8-9,11H2,1-2H3,(H,16,17,18). The molecule has 2 N–H and O–H groups in total. The minimum atomic E-state index is -0.630. The second-order valence-electron chi connectivity index (χ2n) is 5.88. The van der Waals surface area contributed by atoms with Crippen LogP contribution in [0.3, 0.4) is 0 Å². The lowest BCUT2D eigenvalue weighted by molar-refractivity contribution is 0.0379. The van der Waals surface area contributed by atoms with Crippen LogP contribution in [-0.2, 0) is 0 Å². The van der Waals surface area contributed by atoms with Crippen LogP contribution in [0.2, 0.25) is 0 Å². The summed E-state index contributed by atoms with van der Waals surface area (Å²) in [4.78, 5) is 8.47. The summed E-state index contributed by atoms with van der Waals surface area (Å²) in [5, 5.41) is 13.7. The predicted octanol–water partition coefficient (Wildman–Crippen LogP) is 2.76. The fourth-order valence-electron chi connectivity index (χ4n) is 2.54. The maximum atomic E-state index is 10.6. The minimum absolute atomic E-state index is 0.0868. The summed E-state index contributed by atoms with van der Waals surface area (Å²) in [7, 11) is 0. The Bertz CT molecular complexity index is 415. The number of hydrogen-bond donors (Lipinski definition) is 2. The molecule has 0 saturated heterocycles. The van der Waals surface area contributed by atoms with Gasteiger partial charge in [0.05, 0.1) is 11.7 Å². The third kappa shape index (κ3) is 4.63. The highest BCUT2D eigenvalue weighted by atomic mass is 16.5. The number of nitrogens with zero attached hydrogens (tertiary/aromatic N) is 2. The van der Waals surface area contributed by atoms with Crippen LogP contribution in [0.15, 0.2) is 12.3 Å². The van der Waals surface area contributed by atoms with Gasteiger partial charge in [-0.15, -0.1) is 0 Å². The lowest BCUT2D eigenvalue weighted by atomic mass is 9.95. The first-order chi connectivity index (χ1) is 9.57. The van der Waals surface area contributed by atoms with Crippen LogP contribution in [0, 0.1) is 0 Å². The summed E-state index contributed by atoms with van der Waals surface area (Å²) < 4.78 is 5.54. The number of nitrogens with one attached hydrogen (secondary N) is 1. The van der Waals surface area contributed by atoms with E-state index in [0.717, 1.165) is 25.7 Å². The molecule has 112 valence electrons. The Morgan fingerprint density at radius 2 is 2.00 bits per heavy atom. The highest BCUT2D eigenvalue weighted by molar-refractivity contribution is 5.28. The summed E-state index contributed by atoms with van der Waals surface area (Å²) in [5.74, 6) is 1.08. The van der Waals surface area contributed by atoms with Crippen molar-refractivity contribution in [2.24, 2.45) is 0 Å². The maximum absolute atomic E-state index is 10.6. The van der Waals surface area contributed by atoms with Gasteiger partial charge in [-0.2, -0.15) is 4.98 Å². The molecule has 0 radical (unpaired) electrons. The van der Waals surface area contributed by atoms with E-state index in [-0.39, 0.29) is 6.10 Å². The molecular formula is C15H25N3O2. The molecule has 2 rings (SSSR count). The van der Waals surface area contributed by atoms with Crippen LogP contribution in [0.5, 0.6) is 5.88 Å². The van der Waals surface area contributed by atoms with Crippen molar-refractivity contribution >= 4 is 5.95 Å². The predicted molar refractivity (Wildman–Crippen MR) is 78.9 cm³/mol. The van der Waals surface area contributed by atoms with E-state index in [1.54, 1.807) is 12.3 Å². The first-order valence-corrected chi connectivity index (χ1v) is 7.53. The lowest BCUT2D eigenvalue weighted by Crippen LogP contribution is -2.36. The van der Waals surface area contributed by atoms with E-state index < -0.39 is 5.60 Å². The Morgan fingerprint density at radius 1 is 1.30 bits per heavy atom. The molecule has 0 aliphatic heterocycles. The van der Waals surface area contributed by atoms with E-state index in [1.165, 1.54) is 12.8 Å².